The monoisotopic (exact) mass is 938 g/mol. The summed E-state index contributed by atoms with van der Waals surface area (Å²) in [5.41, 5.74) is -2.92. The van der Waals surface area contributed by atoms with Gasteiger partial charge in [-0.25, -0.2) is 18.6 Å². The number of halogens is 5. The molecule has 0 saturated carbocycles. The topological polar surface area (TPSA) is 112 Å². The van der Waals surface area contributed by atoms with Crippen LogP contribution in [0, 0.1) is 18.6 Å². The van der Waals surface area contributed by atoms with Crippen LogP contribution in [0.15, 0.2) is 84.9 Å². The smallest absolute Gasteiger partial charge is 0.417 e. The van der Waals surface area contributed by atoms with Crippen molar-refractivity contribution in [3.63, 3.8) is 0 Å². The molecule has 3 aliphatic rings. The van der Waals surface area contributed by atoms with Crippen molar-refractivity contribution >= 4 is 28.5 Å². The molecule has 0 radical (unpaired) electrons. The van der Waals surface area contributed by atoms with E-state index in [2.05, 4.69) is 9.97 Å². The quantitative estimate of drug-likeness (QED) is 0.116. The van der Waals surface area contributed by atoms with E-state index in [0.29, 0.717) is 35.5 Å². The zero-order valence-corrected chi connectivity index (χ0v) is 38.7. The van der Waals surface area contributed by atoms with Crippen molar-refractivity contribution in [3.05, 3.63) is 124 Å². The molecule has 0 spiro atoms. The molecule has 5 heterocycles. The lowest BCUT2D eigenvalue weighted by molar-refractivity contribution is -0.137. The molecule has 9 rings (SSSR count). The molecule has 0 N–H and O–H groups in total. The molecule has 1 amide bonds. The number of pyridine rings is 1. The van der Waals surface area contributed by atoms with E-state index in [1.165, 1.54) is 14.2 Å². The first-order chi connectivity index (χ1) is 32.4. The van der Waals surface area contributed by atoms with Crippen LogP contribution in [0.25, 0.3) is 22.2 Å². The summed E-state index contributed by atoms with van der Waals surface area (Å²) in [5.74, 6) is -1.25. The molecular weight excluding hydrogens is 888 g/mol. The predicted molar refractivity (Wildman–Crippen MR) is 245 cm³/mol. The first-order valence-electron chi connectivity index (χ1n) is 22.4. The first-order valence-corrected chi connectivity index (χ1v) is 22.4. The number of piperazine rings is 1. The van der Waals surface area contributed by atoms with Crippen molar-refractivity contribution in [2.24, 2.45) is 0 Å². The molecule has 12 nitrogen and oxygen atoms in total. The average Bonchev–Trinajstić information content (AvgIpc) is 3.56. The van der Waals surface area contributed by atoms with E-state index in [0.717, 1.165) is 18.6 Å². The van der Waals surface area contributed by atoms with Gasteiger partial charge in [-0.05, 0) is 100 Å². The lowest BCUT2D eigenvalue weighted by Gasteiger charge is -2.48. The standard InChI is InChI=1S/C51H51F5N6O6/c1-28-40(51(54,55)56)36(23-38(41(28)52)60(24-30-13-18-34(64-6)19-14-30)25-31-15-20-35(65-7)21-16-31)43-42(53)44-39-46(59-48(58-44)66-27-32-11-9-8-10-12-32)61-26-33-17-22-37(45(61)29(2)67-47(39)57-43)62(33)49(63)68-50(3,4)5/h8-16,18-21,23,29,33,37,45H,17,22,24-27H2,1-7H3/t29-,33+,37-,45+/m0/s1. The van der Waals surface area contributed by atoms with Crippen molar-refractivity contribution in [2.75, 3.05) is 30.6 Å². The van der Waals surface area contributed by atoms with E-state index in [4.69, 9.17) is 28.7 Å². The van der Waals surface area contributed by atoms with Gasteiger partial charge in [0, 0.05) is 25.2 Å². The van der Waals surface area contributed by atoms with Crippen LogP contribution < -0.4 is 28.7 Å². The molecule has 2 fully saturated rings. The summed E-state index contributed by atoms with van der Waals surface area (Å²) in [6.45, 7) is 8.47. The average molecular weight is 939 g/mol. The number of benzene rings is 4. The molecule has 17 heteroatoms. The third kappa shape index (κ3) is 8.85. The van der Waals surface area contributed by atoms with Gasteiger partial charge in [-0.1, -0.05) is 54.6 Å². The Morgan fingerprint density at radius 2 is 1.47 bits per heavy atom. The molecule has 6 aromatic rings. The summed E-state index contributed by atoms with van der Waals surface area (Å²) in [5, 5.41) is 0.0195. The maximum atomic E-state index is 17.9. The van der Waals surface area contributed by atoms with Gasteiger partial charge in [0.1, 0.15) is 58.0 Å². The van der Waals surface area contributed by atoms with Gasteiger partial charge in [0.25, 0.3) is 0 Å². The number of methoxy groups -OCH3 is 2. The summed E-state index contributed by atoms with van der Waals surface area (Å²) < 4.78 is 111. The van der Waals surface area contributed by atoms with Crippen molar-refractivity contribution < 1.29 is 50.4 Å². The molecule has 4 aromatic carbocycles. The fourth-order valence-electron chi connectivity index (χ4n) is 9.67. The number of amides is 1. The number of hydrogen-bond acceptors (Lipinski definition) is 11. The zero-order valence-electron chi connectivity index (χ0n) is 38.7. The Labute approximate surface area is 390 Å². The second kappa shape index (κ2) is 18.0. The molecule has 2 aromatic heterocycles. The zero-order chi connectivity index (χ0) is 48.2. The number of carbonyl (C=O) groups excluding carboxylic acids is 1. The number of rotatable bonds is 11. The Kier molecular flexibility index (Phi) is 12.2. The van der Waals surface area contributed by atoms with E-state index >= 15 is 22.0 Å². The number of hydrogen-bond donors (Lipinski definition) is 0. The summed E-state index contributed by atoms with van der Waals surface area (Å²) in [6.07, 6.45) is -5.21. The Balaban J connectivity index is 1.23. The summed E-state index contributed by atoms with van der Waals surface area (Å²) in [7, 11) is 3.04. The predicted octanol–water partition coefficient (Wildman–Crippen LogP) is 10.8. The van der Waals surface area contributed by atoms with Gasteiger partial charge in [-0.3, -0.25) is 4.90 Å². The van der Waals surface area contributed by atoms with Crippen LogP contribution in [0.1, 0.15) is 68.4 Å². The summed E-state index contributed by atoms with van der Waals surface area (Å²) in [4.78, 5) is 33.0. The number of nitrogens with zero attached hydrogens (tertiary/aromatic N) is 6. The van der Waals surface area contributed by atoms with Crippen LogP contribution in [-0.2, 0) is 30.6 Å². The molecule has 2 saturated heterocycles. The Hall–Kier alpha value is -6.91. The first kappa shape index (κ1) is 46.2. The summed E-state index contributed by atoms with van der Waals surface area (Å²) >= 11 is 0. The van der Waals surface area contributed by atoms with Gasteiger partial charge in [0.05, 0.1) is 43.6 Å². The highest BCUT2D eigenvalue weighted by Crippen LogP contribution is 2.49. The minimum absolute atomic E-state index is 0.0107. The van der Waals surface area contributed by atoms with Gasteiger partial charge < -0.3 is 33.5 Å². The Bertz CT molecular complexity index is 2790. The molecule has 0 aliphatic carbocycles. The van der Waals surface area contributed by atoms with Crippen LogP contribution >= 0.6 is 0 Å². The minimum atomic E-state index is -5.17. The van der Waals surface area contributed by atoms with Gasteiger partial charge in [-0.2, -0.15) is 23.1 Å². The molecule has 356 valence electrons. The van der Waals surface area contributed by atoms with E-state index in [-0.39, 0.29) is 61.1 Å². The maximum absolute atomic E-state index is 17.9. The van der Waals surface area contributed by atoms with Gasteiger partial charge >= 0.3 is 18.3 Å². The highest BCUT2D eigenvalue weighted by molar-refractivity contribution is 5.98. The van der Waals surface area contributed by atoms with Crippen LogP contribution in [0.2, 0.25) is 0 Å². The van der Waals surface area contributed by atoms with Crippen molar-refractivity contribution in [1.82, 2.24) is 19.9 Å². The van der Waals surface area contributed by atoms with Crippen molar-refractivity contribution in [3.8, 4) is 34.6 Å². The van der Waals surface area contributed by atoms with E-state index in [1.54, 1.807) is 86.0 Å². The SMILES string of the molecule is COc1ccc(CN(Cc2ccc(OC)cc2)c2cc(-c3nc4c5c(nc(OCc6ccccc6)nc5c3F)N3C[C@H]5CC[C@@H]([C@H]3[C@H](C)O4)N5C(=O)OC(C)(C)C)c(C(F)(F)F)c(C)c2F)cc1. The van der Waals surface area contributed by atoms with E-state index in [9.17, 15) is 4.79 Å². The van der Waals surface area contributed by atoms with Crippen molar-refractivity contribution in [1.29, 1.82) is 0 Å². The Morgan fingerprint density at radius 1 is 0.838 bits per heavy atom. The number of aromatic nitrogens is 3. The second-order valence-electron chi connectivity index (χ2n) is 18.4. The normalized spacial score (nSPS) is 18.7. The lowest BCUT2D eigenvalue weighted by atomic mass is 9.95. The lowest BCUT2D eigenvalue weighted by Crippen LogP contribution is -2.65. The molecular formula is C51H51F5N6O6. The van der Waals surface area contributed by atoms with E-state index < -0.39 is 75.6 Å². The largest absolute Gasteiger partial charge is 0.497 e. The number of alkyl halides is 3. The number of anilines is 2. The van der Waals surface area contributed by atoms with Crippen LogP contribution in [0.3, 0.4) is 0 Å². The van der Waals surface area contributed by atoms with Crippen LogP contribution in [-0.4, -0.2) is 76.5 Å². The Morgan fingerprint density at radius 3 is 2.06 bits per heavy atom. The third-order valence-corrected chi connectivity index (χ3v) is 12.7. The maximum Gasteiger partial charge on any atom is 0.417 e. The molecule has 68 heavy (non-hydrogen) atoms. The summed E-state index contributed by atoms with van der Waals surface area (Å²) in [6, 6.07) is 22.6. The fraction of sp³-hybridized carbons (Fsp3) is 0.373. The highest BCUT2D eigenvalue weighted by Gasteiger charge is 2.54. The minimum Gasteiger partial charge on any atom is -0.497 e. The fourth-order valence-corrected chi connectivity index (χ4v) is 9.67. The van der Waals surface area contributed by atoms with Crippen molar-refractivity contribution in [2.45, 2.75) is 103 Å². The molecule has 2 bridgehead atoms. The second-order valence-corrected chi connectivity index (χ2v) is 18.4. The molecule has 3 aliphatic heterocycles. The van der Waals surface area contributed by atoms with E-state index in [1.807, 2.05) is 35.2 Å². The number of carbonyl (C=O) groups is 1. The number of fused-ring (bicyclic) bond motifs is 5. The number of ether oxygens (including phenoxy) is 5. The third-order valence-electron chi connectivity index (χ3n) is 12.7. The molecule has 0 unspecified atom stereocenters. The highest BCUT2D eigenvalue weighted by atomic mass is 19.4. The van der Waals surface area contributed by atoms with Crippen LogP contribution in [0.4, 0.5) is 38.3 Å². The van der Waals surface area contributed by atoms with Gasteiger partial charge in [0.2, 0.25) is 5.88 Å². The molecule has 4 atom stereocenters. The van der Waals surface area contributed by atoms with Crippen LogP contribution in [0.5, 0.6) is 23.4 Å². The van der Waals surface area contributed by atoms with Gasteiger partial charge in [-0.15, -0.1) is 0 Å². The van der Waals surface area contributed by atoms with Gasteiger partial charge in [0.15, 0.2) is 5.82 Å².